The molecule has 1 aromatic carbocycles. The molecule has 1 saturated heterocycles. The van der Waals surface area contributed by atoms with Gasteiger partial charge in [0.1, 0.15) is 11.8 Å². The van der Waals surface area contributed by atoms with Crippen LogP contribution in [0.5, 0.6) is 0 Å². The van der Waals surface area contributed by atoms with Crippen LogP contribution in [0.3, 0.4) is 0 Å². The molecule has 2 amide bonds. The van der Waals surface area contributed by atoms with E-state index in [1.165, 1.54) is 12.4 Å². The number of likely N-dealkylation sites (tertiary alicyclic amines) is 1. The Morgan fingerprint density at radius 1 is 1.39 bits per heavy atom. The fourth-order valence-electron chi connectivity index (χ4n) is 2.78. The van der Waals surface area contributed by atoms with Crippen molar-refractivity contribution in [2.75, 3.05) is 19.6 Å². The van der Waals surface area contributed by atoms with E-state index in [1.807, 2.05) is 30.3 Å². The van der Waals surface area contributed by atoms with Gasteiger partial charge in [-0.15, -0.1) is 0 Å². The standard InChI is InChI=1S/C20H25ClN4O3/c1-15(18(21)23-10-9-22)12-24-19(26)17-8-5-11-25(13-17)20(27)28-14-16-6-3-2-4-7-16/h2-4,6-7,9-10,17H,1,5,8,11-14,22H2,(H,24,26)/b10-9-,23-18?. The van der Waals surface area contributed by atoms with E-state index in [0.717, 1.165) is 12.0 Å². The maximum atomic E-state index is 12.4. The second kappa shape index (κ2) is 11.1. The number of amides is 2. The molecule has 3 N–H and O–H groups in total. The van der Waals surface area contributed by atoms with Crippen molar-refractivity contribution >= 4 is 28.8 Å². The van der Waals surface area contributed by atoms with Crippen molar-refractivity contribution in [3.05, 3.63) is 60.4 Å². The summed E-state index contributed by atoms with van der Waals surface area (Å²) in [7, 11) is 0. The number of carbonyl (C=O) groups is 2. The van der Waals surface area contributed by atoms with Gasteiger partial charge in [0.15, 0.2) is 0 Å². The van der Waals surface area contributed by atoms with Crippen LogP contribution in [-0.2, 0) is 16.1 Å². The van der Waals surface area contributed by atoms with Crippen molar-refractivity contribution < 1.29 is 14.3 Å². The second-order valence-electron chi connectivity index (χ2n) is 6.41. The van der Waals surface area contributed by atoms with Gasteiger partial charge in [0.25, 0.3) is 0 Å². The van der Waals surface area contributed by atoms with Crippen LogP contribution in [0, 0.1) is 5.92 Å². The average molecular weight is 405 g/mol. The van der Waals surface area contributed by atoms with Gasteiger partial charge in [-0.25, -0.2) is 9.79 Å². The smallest absolute Gasteiger partial charge is 0.410 e. The third-order valence-electron chi connectivity index (χ3n) is 4.30. The van der Waals surface area contributed by atoms with Gasteiger partial charge < -0.3 is 20.7 Å². The molecule has 0 radical (unpaired) electrons. The van der Waals surface area contributed by atoms with E-state index >= 15 is 0 Å². The Hall–Kier alpha value is -2.80. The zero-order valence-electron chi connectivity index (χ0n) is 15.6. The summed E-state index contributed by atoms with van der Waals surface area (Å²) in [5.74, 6) is -0.453. The third kappa shape index (κ3) is 6.74. The lowest BCUT2D eigenvalue weighted by atomic mass is 9.97. The van der Waals surface area contributed by atoms with Crippen LogP contribution in [0.2, 0.25) is 0 Å². The molecule has 1 heterocycles. The van der Waals surface area contributed by atoms with E-state index < -0.39 is 6.09 Å². The predicted molar refractivity (Wildman–Crippen MR) is 110 cm³/mol. The van der Waals surface area contributed by atoms with E-state index in [2.05, 4.69) is 16.9 Å². The number of carbonyl (C=O) groups excluding carboxylic acids is 2. The van der Waals surface area contributed by atoms with E-state index in [1.54, 1.807) is 4.90 Å². The summed E-state index contributed by atoms with van der Waals surface area (Å²) < 4.78 is 5.35. The summed E-state index contributed by atoms with van der Waals surface area (Å²) in [6.07, 6.45) is 3.63. The maximum absolute atomic E-state index is 12.4. The predicted octanol–water partition coefficient (Wildman–Crippen LogP) is 2.77. The second-order valence-corrected chi connectivity index (χ2v) is 6.77. The number of nitrogens with two attached hydrogens (primary N) is 1. The lowest BCUT2D eigenvalue weighted by molar-refractivity contribution is -0.126. The molecular formula is C20H25ClN4O3. The minimum atomic E-state index is -0.408. The molecule has 7 nitrogen and oxygen atoms in total. The zero-order valence-corrected chi connectivity index (χ0v) is 16.4. The molecule has 0 aliphatic carbocycles. The topological polar surface area (TPSA) is 97.0 Å². The highest BCUT2D eigenvalue weighted by atomic mass is 35.5. The Morgan fingerprint density at radius 2 is 2.14 bits per heavy atom. The molecule has 1 unspecified atom stereocenters. The van der Waals surface area contributed by atoms with Crippen LogP contribution >= 0.6 is 11.6 Å². The van der Waals surface area contributed by atoms with Crippen LogP contribution in [0.1, 0.15) is 18.4 Å². The number of rotatable bonds is 7. The van der Waals surface area contributed by atoms with Crippen LogP contribution < -0.4 is 11.1 Å². The summed E-state index contributed by atoms with van der Waals surface area (Å²) >= 11 is 5.95. The molecule has 0 bridgehead atoms. The number of ether oxygens (including phenoxy) is 1. The Morgan fingerprint density at radius 3 is 2.86 bits per heavy atom. The van der Waals surface area contributed by atoms with Crippen LogP contribution in [0.4, 0.5) is 4.79 Å². The minimum absolute atomic E-state index is 0.152. The molecule has 1 aromatic rings. The Bertz CT molecular complexity index is 749. The monoisotopic (exact) mass is 404 g/mol. The molecule has 0 saturated carbocycles. The number of hydrogen-bond acceptors (Lipinski definition) is 5. The van der Waals surface area contributed by atoms with E-state index in [0.29, 0.717) is 25.1 Å². The minimum Gasteiger partial charge on any atom is -0.445 e. The molecule has 8 heteroatoms. The number of aliphatic imine (C=N–C) groups is 1. The fourth-order valence-corrected chi connectivity index (χ4v) is 2.90. The molecule has 0 spiro atoms. The van der Waals surface area contributed by atoms with Gasteiger partial charge in [0, 0.05) is 37.6 Å². The highest BCUT2D eigenvalue weighted by Gasteiger charge is 2.29. The van der Waals surface area contributed by atoms with Crippen LogP contribution in [-0.4, -0.2) is 41.7 Å². The summed E-state index contributed by atoms with van der Waals surface area (Å²) in [6, 6.07) is 9.47. The number of nitrogens with zero attached hydrogens (tertiary/aromatic N) is 2. The molecule has 150 valence electrons. The molecule has 2 rings (SSSR count). The van der Waals surface area contributed by atoms with Crippen molar-refractivity contribution in [2.45, 2.75) is 19.4 Å². The first-order valence-corrected chi connectivity index (χ1v) is 9.40. The van der Waals surface area contributed by atoms with E-state index in [9.17, 15) is 9.59 Å². The van der Waals surface area contributed by atoms with Gasteiger partial charge in [-0.3, -0.25) is 4.79 Å². The van der Waals surface area contributed by atoms with Gasteiger partial charge in [0.2, 0.25) is 5.91 Å². The van der Waals surface area contributed by atoms with Crippen LogP contribution in [0.25, 0.3) is 0 Å². The first-order chi connectivity index (χ1) is 13.5. The van der Waals surface area contributed by atoms with Gasteiger partial charge in [-0.05, 0) is 18.4 Å². The van der Waals surface area contributed by atoms with Crippen molar-refractivity contribution in [3.63, 3.8) is 0 Å². The van der Waals surface area contributed by atoms with Gasteiger partial charge in [-0.1, -0.05) is 48.5 Å². The lowest BCUT2D eigenvalue weighted by Crippen LogP contribution is -2.46. The lowest BCUT2D eigenvalue weighted by Gasteiger charge is -2.31. The maximum Gasteiger partial charge on any atom is 0.410 e. The number of benzene rings is 1. The molecule has 1 atom stereocenters. The quantitative estimate of drug-likeness (QED) is 0.683. The Labute approximate surface area is 169 Å². The third-order valence-corrected chi connectivity index (χ3v) is 4.66. The first-order valence-electron chi connectivity index (χ1n) is 9.02. The Kier molecular flexibility index (Phi) is 8.55. The number of hydrogen-bond donors (Lipinski definition) is 2. The highest BCUT2D eigenvalue weighted by Crippen LogP contribution is 2.18. The van der Waals surface area contributed by atoms with Crippen LogP contribution in [0.15, 0.2) is 59.9 Å². The van der Waals surface area contributed by atoms with E-state index in [4.69, 9.17) is 22.1 Å². The molecular weight excluding hydrogens is 380 g/mol. The number of halogens is 1. The summed E-state index contributed by atoms with van der Waals surface area (Å²) in [5.41, 5.74) is 6.60. The Balaban J connectivity index is 1.80. The van der Waals surface area contributed by atoms with Crippen molar-refractivity contribution in [3.8, 4) is 0 Å². The summed E-state index contributed by atoms with van der Waals surface area (Å²) in [5, 5.41) is 2.97. The van der Waals surface area contributed by atoms with Gasteiger partial charge in [0.05, 0.1) is 5.92 Å². The zero-order chi connectivity index (χ0) is 20.4. The summed E-state index contributed by atoms with van der Waals surface area (Å²) in [6.45, 7) is 5.07. The normalized spacial score (nSPS) is 17.4. The molecule has 28 heavy (non-hydrogen) atoms. The van der Waals surface area contributed by atoms with Gasteiger partial charge >= 0.3 is 6.09 Å². The van der Waals surface area contributed by atoms with E-state index in [-0.39, 0.29) is 30.1 Å². The average Bonchev–Trinajstić information content (AvgIpc) is 2.74. The molecule has 1 fully saturated rings. The molecule has 0 aromatic heterocycles. The highest BCUT2D eigenvalue weighted by molar-refractivity contribution is 6.69. The molecule has 1 aliphatic rings. The number of nitrogens with one attached hydrogen (secondary N) is 1. The van der Waals surface area contributed by atoms with Crippen molar-refractivity contribution in [2.24, 2.45) is 16.6 Å². The van der Waals surface area contributed by atoms with Gasteiger partial charge in [-0.2, -0.15) is 0 Å². The SMILES string of the molecule is C=C(CNC(=O)C1CCCN(C(=O)OCc2ccccc2)C1)C(Cl)=N/C=C\N. The fraction of sp³-hybridized carbons (Fsp3) is 0.350. The largest absolute Gasteiger partial charge is 0.445 e. The number of piperidine rings is 1. The summed E-state index contributed by atoms with van der Waals surface area (Å²) in [4.78, 5) is 30.2. The first kappa shape index (κ1) is 21.5. The molecule has 1 aliphatic heterocycles. The van der Waals surface area contributed by atoms with Crippen molar-refractivity contribution in [1.82, 2.24) is 10.2 Å². The van der Waals surface area contributed by atoms with Crippen molar-refractivity contribution in [1.29, 1.82) is 0 Å².